The third-order valence-electron chi connectivity index (χ3n) is 3.38. The van der Waals surface area contributed by atoms with E-state index in [4.69, 9.17) is 0 Å². The maximum Gasteiger partial charge on any atom is 0.433 e. The van der Waals surface area contributed by atoms with E-state index in [1.165, 1.54) is 6.33 Å². The summed E-state index contributed by atoms with van der Waals surface area (Å²) in [4.78, 5) is 31.6. The summed E-state index contributed by atoms with van der Waals surface area (Å²) < 4.78 is 38.5. The number of nitrogens with one attached hydrogen (secondary N) is 1. The number of carbonyl (C=O) groups excluding carboxylic acids is 1. The van der Waals surface area contributed by atoms with Gasteiger partial charge in [-0.3, -0.25) is 14.2 Å². The molecule has 0 bridgehead atoms. The zero-order chi connectivity index (χ0) is 18.0. The normalized spacial score (nSPS) is 11.5. The molecule has 0 aliphatic rings. The quantitative estimate of drug-likeness (QED) is 0.789. The number of benzene rings is 1. The molecule has 3 aromatic rings. The maximum atomic E-state index is 12.4. The van der Waals surface area contributed by atoms with Gasteiger partial charge >= 0.3 is 6.18 Å². The highest BCUT2D eigenvalue weighted by atomic mass is 19.4. The Morgan fingerprint density at radius 2 is 1.88 bits per heavy atom. The van der Waals surface area contributed by atoms with Gasteiger partial charge in [-0.1, -0.05) is 12.1 Å². The molecule has 2 aromatic heterocycles. The lowest BCUT2D eigenvalue weighted by atomic mass is 10.2. The van der Waals surface area contributed by atoms with Crippen LogP contribution in [-0.2, 0) is 17.5 Å². The molecule has 9 heteroatoms. The fourth-order valence-electron chi connectivity index (χ4n) is 2.21. The molecule has 1 aromatic carbocycles. The van der Waals surface area contributed by atoms with Crippen LogP contribution in [0.3, 0.4) is 0 Å². The highest BCUT2D eigenvalue weighted by Gasteiger charge is 2.32. The number of alkyl halides is 3. The van der Waals surface area contributed by atoms with Crippen LogP contribution in [0.25, 0.3) is 10.9 Å². The standard InChI is InChI=1S/C16H11F3N4O2/c17-16(18,19)13-6-5-10(7-20-13)22-14(24)8-23-9-21-12-4-2-1-3-11(12)15(23)25/h1-7,9H,8H2,(H,22,24). The van der Waals surface area contributed by atoms with Gasteiger partial charge in [-0.2, -0.15) is 13.2 Å². The minimum absolute atomic E-state index is 0.0970. The zero-order valence-corrected chi connectivity index (χ0v) is 12.6. The van der Waals surface area contributed by atoms with Crippen molar-refractivity contribution in [3.8, 4) is 0 Å². The van der Waals surface area contributed by atoms with Crippen LogP contribution >= 0.6 is 0 Å². The largest absolute Gasteiger partial charge is 0.433 e. The molecule has 0 radical (unpaired) electrons. The van der Waals surface area contributed by atoms with Crippen molar-refractivity contribution in [2.24, 2.45) is 0 Å². The Hall–Kier alpha value is -3.23. The summed E-state index contributed by atoms with van der Waals surface area (Å²) in [5, 5.41) is 2.76. The molecule has 2 heterocycles. The Morgan fingerprint density at radius 1 is 1.12 bits per heavy atom. The molecule has 0 spiro atoms. The summed E-state index contributed by atoms with van der Waals surface area (Å²) in [5.74, 6) is -0.583. The van der Waals surface area contributed by atoms with Crippen LogP contribution in [0.2, 0.25) is 0 Å². The van der Waals surface area contributed by atoms with Crippen molar-refractivity contribution in [2.75, 3.05) is 5.32 Å². The first-order valence-electron chi connectivity index (χ1n) is 7.12. The van der Waals surface area contributed by atoms with Gasteiger partial charge in [0.25, 0.3) is 5.56 Å². The van der Waals surface area contributed by atoms with Crippen LogP contribution in [0.1, 0.15) is 5.69 Å². The first-order chi connectivity index (χ1) is 11.8. The fourth-order valence-corrected chi connectivity index (χ4v) is 2.21. The van der Waals surface area contributed by atoms with Crippen molar-refractivity contribution in [3.63, 3.8) is 0 Å². The van der Waals surface area contributed by atoms with Gasteiger partial charge in [-0.25, -0.2) is 9.97 Å². The molecule has 25 heavy (non-hydrogen) atoms. The lowest BCUT2D eigenvalue weighted by molar-refractivity contribution is -0.141. The second-order valence-electron chi connectivity index (χ2n) is 5.17. The molecule has 0 aliphatic heterocycles. The molecule has 128 valence electrons. The summed E-state index contributed by atoms with van der Waals surface area (Å²) in [6.45, 7) is -0.322. The van der Waals surface area contributed by atoms with Gasteiger partial charge in [0.2, 0.25) is 5.91 Å². The van der Waals surface area contributed by atoms with E-state index in [-0.39, 0.29) is 17.8 Å². The van der Waals surface area contributed by atoms with Crippen molar-refractivity contribution >= 4 is 22.5 Å². The van der Waals surface area contributed by atoms with Gasteiger partial charge in [-0.15, -0.1) is 0 Å². The maximum absolute atomic E-state index is 12.4. The number of rotatable bonds is 3. The second-order valence-corrected chi connectivity index (χ2v) is 5.17. The SMILES string of the molecule is O=C(Cn1cnc2ccccc2c1=O)Nc1ccc(C(F)(F)F)nc1. The minimum Gasteiger partial charge on any atom is -0.323 e. The number of hydrogen-bond donors (Lipinski definition) is 1. The summed E-state index contributed by atoms with van der Waals surface area (Å²) in [6.07, 6.45) is -2.40. The van der Waals surface area contributed by atoms with Gasteiger partial charge in [0.15, 0.2) is 0 Å². The fraction of sp³-hybridized carbons (Fsp3) is 0.125. The average molecular weight is 348 g/mol. The zero-order valence-electron chi connectivity index (χ0n) is 12.6. The van der Waals surface area contributed by atoms with E-state index in [0.29, 0.717) is 10.9 Å². The van der Waals surface area contributed by atoms with Crippen molar-refractivity contribution in [1.29, 1.82) is 0 Å². The topological polar surface area (TPSA) is 76.9 Å². The lowest BCUT2D eigenvalue weighted by Gasteiger charge is -2.09. The van der Waals surface area contributed by atoms with Gasteiger partial charge < -0.3 is 5.32 Å². The van der Waals surface area contributed by atoms with E-state index in [2.05, 4.69) is 15.3 Å². The van der Waals surface area contributed by atoms with Gasteiger partial charge in [0.05, 0.1) is 29.1 Å². The third-order valence-corrected chi connectivity index (χ3v) is 3.38. The smallest absolute Gasteiger partial charge is 0.323 e. The number of hydrogen-bond acceptors (Lipinski definition) is 4. The number of nitrogens with zero attached hydrogens (tertiary/aromatic N) is 3. The lowest BCUT2D eigenvalue weighted by Crippen LogP contribution is -2.28. The van der Waals surface area contributed by atoms with Crippen LogP contribution in [0, 0.1) is 0 Å². The van der Waals surface area contributed by atoms with Crippen molar-refractivity contribution in [3.05, 3.63) is 65.0 Å². The molecular weight excluding hydrogens is 337 g/mol. The number of anilines is 1. The number of halogens is 3. The molecule has 0 saturated carbocycles. The first kappa shape index (κ1) is 16.6. The first-order valence-corrected chi connectivity index (χ1v) is 7.12. The van der Waals surface area contributed by atoms with Crippen LogP contribution < -0.4 is 10.9 Å². The number of amides is 1. The van der Waals surface area contributed by atoms with Crippen LogP contribution in [0.5, 0.6) is 0 Å². The monoisotopic (exact) mass is 348 g/mol. The van der Waals surface area contributed by atoms with Crippen molar-refractivity contribution < 1.29 is 18.0 Å². The van der Waals surface area contributed by atoms with Gasteiger partial charge in [0, 0.05) is 0 Å². The number of para-hydroxylation sites is 1. The summed E-state index contributed by atoms with van der Waals surface area (Å²) in [6, 6.07) is 8.55. The molecule has 1 amide bonds. The van der Waals surface area contributed by atoms with Gasteiger partial charge in [-0.05, 0) is 24.3 Å². The Morgan fingerprint density at radius 3 is 2.56 bits per heavy atom. The predicted molar refractivity (Wildman–Crippen MR) is 83.9 cm³/mol. The molecular formula is C16H11F3N4O2. The summed E-state index contributed by atoms with van der Waals surface area (Å²) in [7, 11) is 0. The molecule has 0 aliphatic carbocycles. The number of carbonyl (C=O) groups is 1. The second kappa shape index (κ2) is 6.34. The molecule has 3 rings (SSSR count). The van der Waals surface area contributed by atoms with Gasteiger partial charge in [0.1, 0.15) is 12.2 Å². The Balaban J connectivity index is 1.75. The molecule has 0 saturated heterocycles. The van der Waals surface area contributed by atoms with Crippen LogP contribution in [0.15, 0.2) is 53.7 Å². The van der Waals surface area contributed by atoms with E-state index >= 15 is 0 Å². The molecule has 1 N–H and O–H groups in total. The Kier molecular flexibility index (Phi) is 4.22. The third kappa shape index (κ3) is 3.65. The average Bonchev–Trinajstić information content (AvgIpc) is 2.57. The van der Waals surface area contributed by atoms with Crippen molar-refractivity contribution in [1.82, 2.24) is 14.5 Å². The van der Waals surface area contributed by atoms with E-state index in [1.54, 1.807) is 24.3 Å². The van der Waals surface area contributed by atoms with E-state index < -0.39 is 17.8 Å². The number of pyridine rings is 1. The Labute approximate surface area is 139 Å². The molecule has 0 atom stereocenters. The Bertz CT molecular complexity index is 981. The number of fused-ring (bicyclic) bond motifs is 1. The highest BCUT2D eigenvalue weighted by molar-refractivity contribution is 5.90. The summed E-state index contributed by atoms with van der Waals surface area (Å²) in [5.41, 5.74) is -0.831. The van der Waals surface area contributed by atoms with Crippen LogP contribution in [0.4, 0.5) is 18.9 Å². The molecule has 0 fully saturated rings. The highest BCUT2D eigenvalue weighted by Crippen LogP contribution is 2.27. The molecule has 0 unspecified atom stereocenters. The predicted octanol–water partition coefficient (Wildman–Crippen LogP) is 2.45. The van der Waals surface area contributed by atoms with E-state index in [0.717, 1.165) is 22.9 Å². The van der Waals surface area contributed by atoms with Crippen molar-refractivity contribution in [2.45, 2.75) is 12.7 Å². The van der Waals surface area contributed by atoms with Crippen LogP contribution in [-0.4, -0.2) is 20.4 Å². The molecule has 6 nitrogen and oxygen atoms in total. The minimum atomic E-state index is -4.55. The number of aromatic nitrogens is 3. The van der Waals surface area contributed by atoms with E-state index in [1.807, 2.05) is 0 Å². The summed E-state index contributed by atoms with van der Waals surface area (Å²) >= 11 is 0. The van der Waals surface area contributed by atoms with E-state index in [9.17, 15) is 22.8 Å².